The minimum absolute atomic E-state index is 0.315. The Morgan fingerprint density at radius 1 is 1.32 bits per heavy atom. The molecular formula is C21H34N4O3. The third-order valence-electron chi connectivity index (χ3n) is 4.72. The molecule has 1 amide bonds. The zero-order valence-corrected chi connectivity index (χ0v) is 18.0. The third kappa shape index (κ3) is 6.32. The first-order valence-corrected chi connectivity index (χ1v) is 9.77. The van der Waals surface area contributed by atoms with Crippen molar-refractivity contribution in [1.82, 2.24) is 15.1 Å². The Morgan fingerprint density at radius 3 is 2.57 bits per heavy atom. The number of hydrogen-bond acceptors (Lipinski definition) is 4. The zero-order valence-electron chi connectivity index (χ0n) is 18.0. The molecule has 0 radical (unpaired) electrons. The summed E-state index contributed by atoms with van der Waals surface area (Å²) in [6.45, 7) is 8.64. The van der Waals surface area contributed by atoms with Crippen LogP contribution in [0.4, 0.5) is 4.79 Å². The minimum Gasteiger partial charge on any atom is -0.497 e. The largest absolute Gasteiger partial charge is 0.497 e. The molecular weight excluding hydrogens is 356 g/mol. The second-order valence-electron chi connectivity index (χ2n) is 8.08. The van der Waals surface area contributed by atoms with Crippen molar-refractivity contribution in [3.05, 3.63) is 29.8 Å². The molecule has 1 aliphatic rings. The van der Waals surface area contributed by atoms with Crippen LogP contribution in [0.3, 0.4) is 0 Å². The summed E-state index contributed by atoms with van der Waals surface area (Å²) < 4.78 is 10.6. The molecule has 0 spiro atoms. The predicted molar refractivity (Wildman–Crippen MR) is 112 cm³/mol. The van der Waals surface area contributed by atoms with Gasteiger partial charge in [0.25, 0.3) is 0 Å². The van der Waals surface area contributed by atoms with Crippen molar-refractivity contribution < 1.29 is 14.3 Å². The highest BCUT2D eigenvalue weighted by Crippen LogP contribution is 2.28. The molecule has 0 bridgehead atoms. The van der Waals surface area contributed by atoms with E-state index in [1.54, 1.807) is 26.1 Å². The average Bonchev–Trinajstić information content (AvgIpc) is 3.13. The van der Waals surface area contributed by atoms with Gasteiger partial charge in [-0.05, 0) is 44.9 Å². The monoisotopic (exact) mass is 390 g/mol. The van der Waals surface area contributed by atoms with Crippen LogP contribution in [0.15, 0.2) is 29.3 Å². The van der Waals surface area contributed by atoms with E-state index in [9.17, 15) is 4.79 Å². The summed E-state index contributed by atoms with van der Waals surface area (Å²) in [7, 11) is 5.22. The number of carbonyl (C=O) groups is 1. The number of ether oxygens (including phenoxy) is 2. The molecule has 1 unspecified atom stereocenters. The summed E-state index contributed by atoms with van der Waals surface area (Å²) >= 11 is 0. The lowest BCUT2D eigenvalue weighted by atomic mass is 9.98. The highest BCUT2D eigenvalue weighted by Gasteiger charge is 2.26. The molecule has 1 fully saturated rings. The lowest BCUT2D eigenvalue weighted by Gasteiger charge is -2.26. The van der Waals surface area contributed by atoms with E-state index in [0.717, 1.165) is 31.2 Å². The summed E-state index contributed by atoms with van der Waals surface area (Å²) in [5, 5.41) is 3.36. The van der Waals surface area contributed by atoms with Crippen LogP contribution in [-0.2, 0) is 4.74 Å². The predicted octanol–water partition coefficient (Wildman–Crippen LogP) is 2.93. The van der Waals surface area contributed by atoms with Crippen LogP contribution in [0.1, 0.15) is 38.7 Å². The van der Waals surface area contributed by atoms with Crippen LogP contribution in [-0.4, -0.2) is 74.8 Å². The van der Waals surface area contributed by atoms with Crippen LogP contribution in [0.2, 0.25) is 0 Å². The second kappa shape index (κ2) is 9.66. The lowest BCUT2D eigenvalue weighted by Crippen LogP contribution is -2.44. The first-order valence-electron chi connectivity index (χ1n) is 9.77. The Hall–Kier alpha value is -2.44. The molecule has 1 heterocycles. The molecule has 1 aromatic rings. The fraction of sp³-hybridized carbons (Fsp3) is 0.619. The van der Waals surface area contributed by atoms with Gasteiger partial charge < -0.3 is 24.6 Å². The number of benzene rings is 1. The number of carbonyl (C=O) groups excluding carboxylic acids is 1. The lowest BCUT2D eigenvalue weighted by molar-refractivity contribution is 0.0302. The third-order valence-corrected chi connectivity index (χ3v) is 4.72. The zero-order chi connectivity index (χ0) is 20.7. The van der Waals surface area contributed by atoms with Crippen molar-refractivity contribution in [3.63, 3.8) is 0 Å². The maximum atomic E-state index is 12.0. The van der Waals surface area contributed by atoms with Crippen LogP contribution >= 0.6 is 0 Å². The molecule has 7 heteroatoms. The van der Waals surface area contributed by atoms with Gasteiger partial charge in [0.15, 0.2) is 5.96 Å². The number of rotatable bonds is 5. The van der Waals surface area contributed by atoms with E-state index in [2.05, 4.69) is 27.3 Å². The smallest absolute Gasteiger partial charge is 0.410 e. The van der Waals surface area contributed by atoms with Crippen LogP contribution in [0.5, 0.6) is 5.75 Å². The number of nitrogens with one attached hydrogen (secondary N) is 1. The first-order chi connectivity index (χ1) is 13.2. The number of likely N-dealkylation sites (N-methyl/N-ethyl adjacent to an activating group) is 1. The summed E-state index contributed by atoms with van der Waals surface area (Å²) in [4.78, 5) is 20.3. The van der Waals surface area contributed by atoms with Crippen molar-refractivity contribution in [2.45, 2.75) is 38.7 Å². The number of likely N-dealkylation sites (tertiary alicyclic amines) is 1. The van der Waals surface area contributed by atoms with Gasteiger partial charge in [0, 0.05) is 46.2 Å². The van der Waals surface area contributed by atoms with Gasteiger partial charge in [0.2, 0.25) is 0 Å². The molecule has 2 rings (SSSR count). The molecule has 1 N–H and O–H groups in total. The maximum absolute atomic E-state index is 12.0. The SMILES string of the molecule is CN=C(NCCN(C)C(=O)OC(C)(C)C)N1CCC(c2ccc(OC)cc2)C1. The molecule has 7 nitrogen and oxygen atoms in total. The standard InChI is InChI=1S/C21H34N4O3/c1-21(2,3)28-20(26)24(5)14-12-23-19(22-4)25-13-11-17(15-25)16-7-9-18(27-6)10-8-16/h7-10,17H,11-15H2,1-6H3,(H,22,23). The van der Waals surface area contributed by atoms with Crippen molar-refractivity contribution in [3.8, 4) is 5.75 Å². The molecule has 1 saturated heterocycles. The molecule has 1 aromatic carbocycles. The molecule has 156 valence electrons. The van der Waals surface area contributed by atoms with Gasteiger partial charge in [-0.2, -0.15) is 0 Å². The Labute approximate surface area is 168 Å². The van der Waals surface area contributed by atoms with Crippen LogP contribution in [0.25, 0.3) is 0 Å². The molecule has 0 saturated carbocycles. The Balaban J connectivity index is 1.81. The molecule has 1 aliphatic heterocycles. The summed E-state index contributed by atoms with van der Waals surface area (Å²) in [5.74, 6) is 2.23. The highest BCUT2D eigenvalue weighted by molar-refractivity contribution is 5.80. The van der Waals surface area contributed by atoms with Gasteiger partial charge in [0.05, 0.1) is 7.11 Å². The number of guanidine groups is 1. The van der Waals surface area contributed by atoms with Gasteiger partial charge in [-0.15, -0.1) is 0 Å². The Bertz CT molecular complexity index is 667. The van der Waals surface area contributed by atoms with E-state index in [4.69, 9.17) is 9.47 Å². The molecule has 1 atom stereocenters. The topological polar surface area (TPSA) is 66.4 Å². The van der Waals surface area contributed by atoms with E-state index >= 15 is 0 Å². The maximum Gasteiger partial charge on any atom is 0.410 e. The normalized spacial score (nSPS) is 17.4. The Morgan fingerprint density at radius 2 is 2.00 bits per heavy atom. The average molecular weight is 391 g/mol. The summed E-state index contributed by atoms with van der Waals surface area (Å²) in [6.07, 6.45) is 0.773. The quantitative estimate of drug-likeness (QED) is 0.619. The van der Waals surface area contributed by atoms with Gasteiger partial charge in [-0.25, -0.2) is 4.79 Å². The van der Waals surface area contributed by atoms with Gasteiger partial charge in [-0.3, -0.25) is 4.99 Å². The summed E-state index contributed by atoms with van der Waals surface area (Å²) in [5.41, 5.74) is 0.837. The number of hydrogen-bond donors (Lipinski definition) is 1. The summed E-state index contributed by atoms with van der Waals surface area (Å²) in [6, 6.07) is 8.30. The van der Waals surface area contributed by atoms with Crippen molar-refractivity contribution in [1.29, 1.82) is 0 Å². The molecule has 0 aliphatic carbocycles. The fourth-order valence-corrected chi connectivity index (χ4v) is 3.20. The van der Waals surface area contributed by atoms with Crippen LogP contribution in [0, 0.1) is 0 Å². The number of amides is 1. The van der Waals surface area contributed by atoms with Crippen molar-refractivity contribution in [2.24, 2.45) is 4.99 Å². The van der Waals surface area contributed by atoms with Gasteiger partial charge >= 0.3 is 6.09 Å². The van der Waals surface area contributed by atoms with E-state index in [0.29, 0.717) is 19.0 Å². The van der Waals surface area contributed by atoms with Gasteiger partial charge in [-0.1, -0.05) is 12.1 Å². The number of methoxy groups -OCH3 is 1. The van der Waals surface area contributed by atoms with E-state index in [1.165, 1.54) is 5.56 Å². The number of nitrogens with zero attached hydrogens (tertiary/aromatic N) is 3. The Kier molecular flexibility index (Phi) is 7.54. The van der Waals surface area contributed by atoms with E-state index in [-0.39, 0.29) is 6.09 Å². The van der Waals surface area contributed by atoms with Crippen molar-refractivity contribution in [2.75, 3.05) is 47.4 Å². The highest BCUT2D eigenvalue weighted by atomic mass is 16.6. The first kappa shape index (κ1) is 21.9. The number of aliphatic imine (C=N–C) groups is 1. The molecule has 0 aromatic heterocycles. The molecule has 28 heavy (non-hydrogen) atoms. The fourth-order valence-electron chi connectivity index (χ4n) is 3.20. The van der Waals surface area contributed by atoms with Gasteiger partial charge in [0.1, 0.15) is 11.4 Å². The van der Waals surface area contributed by atoms with Crippen molar-refractivity contribution >= 4 is 12.1 Å². The van der Waals surface area contributed by atoms with Crippen LogP contribution < -0.4 is 10.1 Å². The van der Waals surface area contributed by atoms with E-state index in [1.807, 2.05) is 32.9 Å². The second-order valence-corrected chi connectivity index (χ2v) is 8.08. The van der Waals surface area contributed by atoms with E-state index < -0.39 is 5.60 Å². The minimum atomic E-state index is -0.485.